The van der Waals surface area contributed by atoms with Gasteiger partial charge >= 0.3 is 0 Å². The molecule has 4 aliphatic rings. The van der Waals surface area contributed by atoms with Gasteiger partial charge in [-0.2, -0.15) is 0 Å². The van der Waals surface area contributed by atoms with Crippen LogP contribution >= 0.6 is 0 Å². The third kappa shape index (κ3) is 2.62. The fourth-order valence-corrected chi connectivity index (χ4v) is 6.01. The molecule has 152 valence electrons. The van der Waals surface area contributed by atoms with E-state index in [-0.39, 0.29) is 47.4 Å². The number of amides is 3. The van der Waals surface area contributed by atoms with Crippen LogP contribution in [-0.2, 0) is 14.4 Å². The molecule has 2 heterocycles. The van der Waals surface area contributed by atoms with E-state index >= 15 is 0 Å². The van der Waals surface area contributed by atoms with Gasteiger partial charge in [0.25, 0.3) is 0 Å². The Bertz CT molecular complexity index is 906. The van der Waals surface area contributed by atoms with Crippen LogP contribution in [0.4, 0.5) is 0 Å². The Labute approximate surface area is 171 Å². The van der Waals surface area contributed by atoms with Gasteiger partial charge in [-0.3, -0.25) is 19.3 Å². The molecule has 5 rings (SSSR count). The summed E-state index contributed by atoms with van der Waals surface area (Å²) in [6, 6.07) is 5.66. The van der Waals surface area contributed by atoms with Gasteiger partial charge in [0.15, 0.2) is 0 Å². The Morgan fingerprint density at radius 1 is 1.03 bits per heavy atom. The maximum Gasteiger partial charge on any atom is 0.246 e. The third-order valence-corrected chi connectivity index (χ3v) is 7.70. The zero-order chi connectivity index (χ0) is 20.4. The normalized spacial score (nSPS) is 33.7. The van der Waals surface area contributed by atoms with E-state index in [2.05, 4.69) is 44.2 Å². The van der Waals surface area contributed by atoms with E-state index < -0.39 is 6.04 Å². The lowest BCUT2D eigenvalue weighted by Gasteiger charge is -2.31. The van der Waals surface area contributed by atoms with Crippen LogP contribution < -0.4 is 0 Å². The second kappa shape index (κ2) is 6.54. The molecule has 6 atom stereocenters. The molecule has 5 heteroatoms. The van der Waals surface area contributed by atoms with Gasteiger partial charge in [-0.25, -0.2) is 0 Å². The average Bonchev–Trinajstić information content (AvgIpc) is 3.47. The number of carbonyl (C=O) groups is 3. The number of hydrogen-bond acceptors (Lipinski definition) is 3. The van der Waals surface area contributed by atoms with E-state index in [1.807, 2.05) is 4.90 Å². The van der Waals surface area contributed by atoms with Crippen molar-refractivity contribution in [3.8, 4) is 0 Å². The lowest BCUT2D eigenvalue weighted by molar-refractivity contribution is -0.152. The molecule has 0 unspecified atom stereocenters. The molecule has 0 aromatic heterocycles. The number of rotatable bonds is 3. The van der Waals surface area contributed by atoms with Crippen LogP contribution in [0.15, 0.2) is 30.4 Å². The van der Waals surface area contributed by atoms with Crippen molar-refractivity contribution >= 4 is 17.7 Å². The monoisotopic (exact) mass is 392 g/mol. The molecule has 1 aromatic carbocycles. The van der Waals surface area contributed by atoms with Crippen LogP contribution in [0.2, 0.25) is 0 Å². The summed E-state index contributed by atoms with van der Waals surface area (Å²) in [6.45, 7) is 6.58. The highest BCUT2D eigenvalue weighted by Crippen LogP contribution is 2.53. The van der Waals surface area contributed by atoms with Crippen molar-refractivity contribution < 1.29 is 14.4 Å². The first-order valence-corrected chi connectivity index (χ1v) is 10.8. The number of hydrogen-bond donors (Lipinski definition) is 0. The van der Waals surface area contributed by atoms with Gasteiger partial charge in [-0.1, -0.05) is 30.4 Å². The van der Waals surface area contributed by atoms with Crippen LogP contribution in [0.1, 0.15) is 48.9 Å². The van der Waals surface area contributed by atoms with Crippen LogP contribution in [0.25, 0.3) is 0 Å². The number of aryl methyl sites for hydroxylation is 2. The minimum atomic E-state index is -0.729. The Kier molecular flexibility index (Phi) is 4.19. The maximum atomic E-state index is 13.4. The lowest BCUT2D eigenvalue weighted by atomic mass is 9.85. The summed E-state index contributed by atoms with van der Waals surface area (Å²) in [5.41, 5.74) is 3.60. The highest BCUT2D eigenvalue weighted by Gasteiger charge is 2.60. The molecule has 2 aliphatic carbocycles. The maximum absolute atomic E-state index is 13.4. The Balaban J connectivity index is 1.38. The molecule has 5 nitrogen and oxygen atoms in total. The molecule has 2 saturated heterocycles. The summed E-state index contributed by atoms with van der Waals surface area (Å²) in [5, 5.41) is 0. The average molecular weight is 392 g/mol. The van der Waals surface area contributed by atoms with Crippen LogP contribution in [-0.4, -0.2) is 40.1 Å². The quantitative estimate of drug-likeness (QED) is 0.586. The molecular weight excluding hydrogens is 364 g/mol. The third-order valence-electron chi connectivity index (χ3n) is 7.70. The largest absolute Gasteiger partial charge is 0.334 e. The molecule has 3 amide bonds. The zero-order valence-corrected chi connectivity index (χ0v) is 17.3. The molecule has 1 aromatic rings. The Morgan fingerprint density at radius 3 is 2.31 bits per heavy atom. The van der Waals surface area contributed by atoms with Gasteiger partial charge in [0.2, 0.25) is 17.7 Å². The SMILES string of the molecule is Cc1ccc([C@@H]2CCCN2C(=O)[C@H](C)N2C(=O)[C@@H]3[C@H](C2=O)[C@H]2C=C[C@H]3C2)cc1C. The topological polar surface area (TPSA) is 57.7 Å². The van der Waals surface area contributed by atoms with Gasteiger partial charge < -0.3 is 4.90 Å². The molecule has 3 fully saturated rings. The lowest BCUT2D eigenvalue weighted by Crippen LogP contribution is -2.50. The van der Waals surface area contributed by atoms with Crippen molar-refractivity contribution in [3.63, 3.8) is 0 Å². The number of benzene rings is 1. The van der Waals surface area contributed by atoms with Gasteiger partial charge in [0, 0.05) is 6.54 Å². The van der Waals surface area contributed by atoms with E-state index in [0.717, 1.165) is 24.8 Å². The van der Waals surface area contributed by atoms with E-state index in [9.17, 15) is 14.4 Å². The summed E-state index contributed by atoms with van der Waals surface area (Å²) in [5.74, 6) is -0.539. The first kappa shape index (κ1) is 18.6. The molecule has 1 saturated carbocycles. The fourth-order valence-electron chi connectivity index (χ4n) is 6.01. The summed E-state index contributed by atoms with van der Waals surface area (Å²) < 4.78 is 0. The van der Waals surface area contributed by atoms with E-state index in [0.29, 0.717) is 6.54 Å². The highest BCUT2D eigenvalue weighted by molar-refractivity contribution is 6.09. The molecule has 0 N–H and O–H groups in total. The van der Waals surface area contributed by atoms with Gasteiger partial charge in [-0.05, 0) is 68.6 Å². The fraction of sp³-hybridized carbons (Fsp3) is 0.542. The van der Waals surface area contributed by atoms with Crippen molar-refractivity contribution in [1.82, 2.24) is 9.80 Å². The van der Waals surface area contributed by atoms with Gasteiger partial charge in [0.05, 0.1) is 17.9 Å². The first-order chi connectivity index (χ1) is 13.9. The van der Waals surface area contributed by atoms with Crippen molar-refractivity contribution in [2.75, 3.05) is 6.54 Å². The number of allylic oxidation sites excluding steroid dienone is 2. The minimum Gasteiger partial charge on any atom is -0.334 e. The van der Waals surface area contributed by atoms with Crippen LogP contribution in [0, 0.1) is 37.5 Å². The second-order valence-corrected chi connectivity index (χ2v) is 9.26. The summed E-state index contributed by atoms with van der Waals surface area (Å²) in [7, 11) is 0. The number of fused-ring (bicyclic) bond motifs is 5. The summed E-state index contributed by atoms with van der Waals surface area (Å²) >= 11 is 0. The summed E-state index contributed by atoms with van der Waals surface area (Å²) in [4.78, 5) is 42.8. The zero-order valence-electron chi connectivity index (χ0n) is 17.3. The van der Waals surface area contributed by atoms with Crippen LogP contribution in [0.3, 0.4) is 0 Å². The standard InChI is InChI=1S/C24H28N2O3/c1-13-6-7-16(11-14(13)2)19-5-4-10-25(19)22(27)15(3)26-23(28)20-17-8-9-18(12-17)21(20)24(26)29/h6-9,11,15,17-21H,4-5,10,12H2,1-3H3/t15-,17-,18-,19-,20-,21+/m0/s1. The molecular formula is C24H28N2O3. The molecule has 29 heavy (non-hydrogen) atoms. The predicted octanol–water partition coefficient (Wildman–Crippen LogP) is 3.16. The first-order valence-electron chi connectivity index (χ1n) is 10.8. The molecule has 0 spiro atoms. The Morgan fingerprint density at radius 2 is 1.69 bits per heavy atom. The van der Waals surface area contributed by atoms with Gasteiger partial charge in [-0.15, -0.1) is 0 Å². The van der Waals surface area contributed by atoms with Gasteiger partial charge in [0.1, 0.15) is 6.04 Å². The van der Waals surface area contributed by atoms with E-state index in [4.69, 9.17) is 0 Å². The minimum absolute atomic E-state index is 0.0226. The smallest absolute Gasteiger partial charge is 0.246 e. The van der Waals surface area contributed by atoms with E-state index in [1.165, 1.54) is 16.0 Å². The number of likely N-dealkylation sites (tertiary alicyclic amines) is 2. The number of nitrogens with zero attached hydrogens (tertiary/aromatic N) is 2. The van der Waals surface area contributed by atoms with Crippen molar-refractivity contribution in [2.45, 2.75) is 52.1 Å². The highest BCUT2D eigenvalue weighted by atomic mass is 16.2. The number of carbonyl (C=O) groups excluding carboxylic acids is 3. The van der Waals surface area contributed by atoms with Crippen molar-refractivity contribution in [1.29, 1.82) is 0 Å². The second-order valence-electron chi connectivity index (χ2n) is 9.26. The molecule has 2 aliphatic heterocycles. The molecule has 2 bridgehead atoms. The predicted molar refractivity (Wildman–Crippen MR) is 109 cm³/mol. The van der Waals surface area contributed by atoms with Crippen molar-refractivity contribution in [2.24, 2.45) is 23.7 Å². The summed E-state index contributed by atoms with van der Waals surface area (Å²) in [6.07, 6.45) is 6.94. The Hall–Kier alpha value is -2.43. The van der Waals surface area contributed by atoms with Crippen molar-refractivity contribution in [3.05, 3.63) is 47.0 Å². The number of imide groups is 1. The van der Waals surface area contributed by atoms with E-state index in [1.54, 1.807) is 6.92 Å². The van der Waals surface area contributed by atoms with Crippen LogP contribution in [0.5, 0.6) is 0 Å². The molecule has 0 radical (unpaired) electrons.